The molecule has 3 aromatic heterocycles. The lowest BCUT2D eigenvalue weighted by atomic mass is 10.1. The van der Waals surface area contributed by atoms with E-state index in [-0.39, 0.29) is 17.8 Å². The standard InChI is InChI=1S/C47H53N11O3/c1-28-15-38-21-49-40-20-44(43(60-9)19-39(40)31(4)58(38)22-28)61-14-10-11-29(2)50-45-27-56(8)46(53-45)47(59)52-37-17-41(54(6)26-37)30(3)51-36-18-42(55(7)25-36)32(5)57-23-33-12-13-35(48)16-34(33)24-57/h12-13,16-21,25-27,38,50-51H,1-5,10-11,14-15,22-24,48H2,6-9H3,(H,52,59). The molecule has 0 saturated carbocycles. The molecular formula is C47H53N11O3. The molecule has 1 atom stereocenters. The fourth-order valence-corrected chi connectivity index (χ4v) is 8.23. The first kappa shape index (κ1) is 40.4. The summed E-state index contributed by atoms with van der Waals surface area (Å²) in [5.74, 6) is 1.65. The number of imidazole rings is 1. The minimum atomic E-state index is -0.350. The number of benzene rings is 2. The highest BCUT2D eigenvalue weighted by molar-refractivity contribution is 6.02. The van der Waals surface area contributed by atoms with Gasteiger partial charge in [-0.25, -0.2) is 4.98 Å². The molecular weight excluding hydrogens is 767 g/mol. The van der Waals surface area contributed by atoms with Crippen molar-refractivity contribution in [2.24, 2.45) is 26.1 Å². The smallest absolute Gasteiger partial charge is 0.291 e. The Kier molecular flexibility index (Phi) is 10.8. The number of nitrogen functional groups attached to an aromatic ring is 1. The number of aromatic nitrogens is 4. The van der Waals surface area contributed by atoms with Crippen LogP contribution in [0.1, 0.15) is 58.0 Å². The summed E-state index contributed by atoms with van der Waals surface area (Å²) in [6.07, 6.45) is 9.75. The van der Waals surface area contributed by atoms with Gasteiger partial charge in [0.2, 0.25) is 5.82 Å². The first-order valence-electron chi connectivity index (χ1n) is 20.2. The molecule has 0 radical (unpaired) electrons. The molecule has 1 amide bonds. The number of carbonyl (C=O) groups excluding carboxylic acids is 1. The van der Waals surface area contributed by atoms with E-state index >= 15 is 0 Å². The highest BCUT2D eigenvalue weighted by Gasteiger charge is 2.31. The topological polar surface area (TPSA) is 144 Å². The number of aryl methyl sites for hydroxylation is 3. The van der Waals surface area contributed by atoms with Gasteiger partial charge in [0.1, 0.15) is 5.82 Å². The second-order valence-corrected chi connectivity index (χ2v) is 16.0. The summed E-state index contributed by atoms with van der Waals surface area (Å²) in [6, 6.07) is 14.0. The summed E-state index contributed by atoms with van der Waals surface area (Å²) in [5.41, 5.74) is 18.7. The molecule has 2 aromatic carbocycles. The molecule has 314 valence electrons. The van der Waals surface area contributed by atoms with Crippen molar-refractivity contribution in [3.8, 4) is 11.5 Å². The molecule has 1 unspecified atom stereocenters. The Hall–Kier alpha value is -7.35. The number of amides is 1. The van der Waals surface area contributed by atoms with Gasteiger partial charge in [0.15, 0.2) is 11.5 Å². The van der Waals surface area contributed by atoms with Gasteiger partial charge in [0, 0.05) is 94.3 Å². The van der Waals surface area contributed by atoms with Gasteiger partial charge in [0.05, 0.1) is 59.6 Å². The van der Waals surface area contributed by atoms with E-state index in [1.807, 2.05) is 67.6 Å². The number of nitrogens with one attached hydrogen (secondary N) is 3. The molecule has 61 heavy (non-hydrogen) atoms. The van der Waals surface area contributed by atoms with Crippen molar-refractivity contribution < 1.29 is 14.3 Å². The van der Waals surface area contributed by atoms with Crippen LogP contribution >= 0.6 is 0 Å². The van der Waals surface area contributed by atoms with Crippen LogP contribution in [0.15, 0.2) is 110 Å². The minimum Gasteiger partial charge on any atom is -0.493 e. The molecule has 0 aliphatic carbocycles. The number of hydrogen-bond acceptors (Lipinski definition) is 10. The van der Waals surface area contributed by atoms with Crippen molar-refractivity contribution in [2.75, 3.05) is 41.9 Å². The first-order valence-corrected chi connectivity index (χ1v) is 20.2. The molecule has 0 spiro atoms. The van der Waals surface area contributed by atoms with E-state index in [2.05, 4.69) is 80.3 Å². The normalized spacial score (nSPS) is 15.2. The Morgan fingerprint density at radius 2 is 1.61 bits per heavy atom. The SMILES string of the molecule is C=C1CC2C=Nc3cc(OCCCC(=C)Nc4cn(C)c(C(=O)Nc5cc(C(=C)Nc6cc(C(=C)N7Cc8ccc(N)cc8C7)n(C)c6)n(C)c5)n4)c(OC)cc3C(=C)N2C1. The molecule has 0 bridgehead atoms. The number of anilines is 4. The Morgan fingerprint density at radius 3 is 2.39 bits per heavy atom. The Labute approximate surface area is 356 Å². The molecule has 14 heteroatoms. The van der Waals surface area contributed by atoms with E-state index in [4.69, 9.17) is 20.2 Å². The largest absolute Gasteiger partial charge is 0.493 e. The summed E-state index contributed by atoms with van der Waals surface area (Å²) in [7, 11) is 7.31. The third kappa shape index (κ3) is 8.29. The lowest BCUT2D eigenvalue weighted by Gasteiger charge is -2.24. The van der Waals surface area contributed by atoms with Crippen LogP contribution in [-0.2, 0) is 34.2 Å². The molecule has 3 aliphatic heterocycles. The summed E-state index contributed by atoms with van der Waals surface area (Å²) in [4.78, 5) is 27.3. The second-order valence-electron chi connectivity index (χ2n) is 16.0. The van der Waals surface area contributed by atoms with E-state index in [1.54, 1.807) is 24.9 Å². The molecule has 5 N–H and O–H groups in total. The Morgan fingerprint density at radius 1 is 0.869 bits per heavy atom. The summed E-state index contributed by atoms with van der Waals surface area (Å²) >= 11 is 0. The quantitative estimate of drug-likeness (QED) is 0.0468. The van der Waals surface area contributed by atoms with Gasteiger partial charge < -0.3 is 54.7 Å². The van der Waals surface area contributed by atoms with Gasteiger partial charge in [-0.1, -0.05) is 44.5 Å². The van der Waals surface area contributed by atoms with Crippen LogP contribution in [0.4, 0.5) is 28.6 Å². The Bertz CT molecular complexity index is 2660. The van der Waals surface area contributed by atoms with Crippen LogP contribution in [0.2, 0.25) is 0 Å². The maximum atomic E-state index is 13.4. The summed E-state index contributed by atoms with van der Waals surface area (Å²) < 4.78 is 17.5. The lowest BCUT2D eigenvalue weighted by molar-refractivity contribution is 0.101. The molecule has 6 heterocycles. The zero-order valence-corrected chi connectivity index (χ0v) is 35.3. The fraction of sp³-hybridized carbons (Fsp3) is 0.255. The summed E-state index contributed by atoms with van der Waals surface area (Å²) in [5, 5.41) is 9.65. The van der Waals surface area contributed by atoms with Crippen molar-refractivity contribution in [1.29, 1.82) is 0 Å². The second kappa shape index (κ2) is 16.4. The number of nitrogens with zero attached hydrogens (tertiary/aromatic N) is 7. The van der Waals surface area contributed by atoms with Crippen molar-refractivity contribution >= 4 is 57.8 Å². The third-order valence-corrected chi connectivity index (χ3v) is 11.4. The maximum absolute atomic E-state index is 13.4. The molecule has 8 rings (SSSR count). The van der Waals surface area contributed by atoms with Crippen molar-refractivity contribution in [3.63, 3.8) is 0 Å². The number of allylic oxidation sites excluding steroid dienone is 1. The highest BCUT2D eigenvalue weighted by Crippen LogP contribution is 2.42. The zero-order chi connectivity index (χ0) is 43.1. The van der Waals surface area contributed by atoms with Gasteiger partial charge in [-0.2, -0.15) is 0 Å². The molecule has 1 fully saturated rings. The number of fused-ring (bicyclic) bond motifs is 3. The minimum absolute atomic E-state index is 0.154. The van der Waals surface area contributed by atoms with Crippen molar-refractivity contribution in [1.82, 2.24) is 28.5 Å². The predicted octanol–water partition coefficient (Wildman–Crippen LogP) is 8.11. The van der Waals surface area contributed by atoms with Gasteiger partial charge in [0.25, 0.3) is 5.91 Å². The van der Waals surface area contributed by atoms with Crippen molar-refractivity contribution in [3.05, 3.63) is 139 Å². The fourth-order valence-electron chi connectivity index (χ4n) is 8.23. The van der Waals surface area contributed by atoms with E-state index < -0.39 is 0 Å². The Balaban J connectivity index is 0.822. The predicted molar refractivity (Wildman–Crippen MR) is 246 cm³/mol. The summed E-state index contributed by atoms with van der Waals surface area (Å²) in [6.45, 7) is 24.2. The van der Waals surface area contributed by atoms with Gasteiger partial charge >= 0.3 is 0 Å². The van der Waals surface area contributed by atoms with Crippen LogP contribution < -0.4 is 31.2 Å². The number of methoxy groups -OCH3 is 1. The third-order valence-electron chi connectivity index (χ3n) is 11.4. The number of aliphatic imine (C=N–C) groups is 1. The highest BCUT2D eigenvalue weighted by atomic mass is 16.5. The van der Waals surface area contributed by atoms with Crippen LogP contribution in [0, 0.1) is 0 Å². The molecule has 3 aliphatic rings. The van der Waals surface area contributed by atoms with Gasteiger partial charge in [-0.15, -0.1) is 0 Å². The number of hydrogen-bond donors (Lipinski definition) is 4. The van der Waals surface area contributed by atoms with E-state index in [0.29, 0.717) is 48.1 Å². The zero-order valence-electron chi connectivity index (χ0n) is 35.3. The average Bonchev–Trinajstić information content (AvgIpc) is 4.05. The number of carbonyl (C=O) groups is 1. The lowest BCUT2D eigenvalue weighted by Crippen LogP contribution is -2.27. The van der Waals surface area contributed by atoms with Crippen LogP contribution in [0.25, 0.3) is 17.1 Å². The van der Waals surface area contributed by atoms with Crippen LogP contribution in [0.5, 0.6) is 11.5 Å². The number of rotatable bonds is 15. The monoisotopic (exact) mass is 819 g/mol. The molecule has 5 aromatic rings. The van der Waals surface area contributed by atoms with E-state index in [1.165, 1.54) is 16.7 Å². The molecule has 14 nitrogen and oxygen atoms in total. The maximum Gasteiger partial charge on any atom is 0.291 e. The van der Waals surface area contributed by atoms with Gasteiger partial charge in [-0.3, -0.25) is 9.79 Å². The van der Waals surface area contributed by atoms with Crippen LogP contribution in [-0.4, -0.2) is 66.9 Å². The van der Waals surface area contributed by atoms with E-state index in [0.717, 1.165) is 77.2 Å². The molecule has 1 saturated heterocycles. The van der Waals surface area contributed by atoms with Gasteiger partial charge in [-0.05, 0) is 60.7 Å². The first-order chi connectivity index (χ1) is 29.2. The number of nitrogens with two attached hydrogens (primary N) is 1. The van der Waals surface area contributed by atoms with Crippen molar-refractivity contribution in [2.45, 2.75) is 38.4 Å². The average molecular weight is 820 g/mol. The van der Waals surface area contributed by atoms with Crippen LogP contribution in [0.3, 0.4) is 0 Å². The number of ether oxygens (including phenoxy) is 2. The van der Waals surface area contributed by atoms with E-state index in [9.17, 15) is 4.79 Å².